The summed E-state index contributed by atoms with van der Waals surface area (Å²) >= 11 is 3.49. The number of aliphatic imine (C=N–C) groups is 1. The van der Waals surface area contributed by atoms with Gasteiger partial charge in [-0.1, -0.05) is 13.0 Å². The SMILES string of the molecule is CCNC(=NCC(C)c1cccs1)N(C)Cc1csc(C)n1.I. The molecule has 2 heterocycles. The van der Waals surface area contributed by atoms with E-state index in [0.29, 0.717) is 5.92 Å². The van der Waals surface area contributed by atoms with Crippen LogP contribution in [0, 0.1) is 6.92 Å². The number of guanidine groups is 1. The van der Waals surface area contributed by atoms with E-state index in [9.17, 15) is 0 Å². The minimum atomic E-state index is 0. The second-order valence-electron chi connectivity index (χ2n) is 5.33. The van der Waals surface area contributed by atoms with Crippen molar-refractivity contribution in [2.75, 3.05) is 20.1 Å². The van der Waals surface area contributed by atoms with E-state index in [4.69, 9.17) is 4.99 Å². The van der Waals surface area contributed by atoms with Crippen LogP contribution in [0.25, 0.3) is 0 Å². The molecule has 2 rings (SSSR count). The Morgan fingerprint density at radius 2 is 2.22 bits per heavy atom. The summed E-state index contributed by atoms with van der Waals surface area (Å²) in [5, 5.41) is 8.71. The number of thiophene rings is 1. The van der Waals surface area contributed by atoms with Gasteiger partial charge in [-0.05, 0) is 25.3 Å². The van der Waals surface area contributed by atoms with Gasteiger partial charge in [-0.25, -0.2) is 4.98 Å². The molecule has 0 fully saturated rings. The number of aromatic nitrogens is 1. The van der Waals surface area contributed by atoms with Crippen molar-refractivity contribution in [1.82, 2.24) is 15.2 Å². The summed E-state index contributed by atoms with van der Waals surface area (Å²) in [4.78, 5) is 12.8. The van der Waals surface area contributed by atoms with Crippen molar-refractivity contribution in [3.8, 4) is 0 Å². The zero-order valence-corrected chi connectivity index (χ0v) is 18.0. The smallest absolute Gasteiger partial charge is 0.194 e. The van der Waals surface area contributed by atoms with Crippen molar-refractivity contribution in [1.29, 1.82) is 0 Å². The molecule has 0 saturated carbocycles. The monoisotopic (exact) mass is 464 g/mol. The summed E-state index contributed by atoms with van der Waals surface area (Å²) in [5.74, 6) is 1.39. The zero-order valence-electron chi connectivity index (χ0n) is 14.1. The summed E-state index contributed by atoms with van der Waals surface area (Å²) in [6.07, 6.45) is 0. The van der Waals surface area contributed by atoms with E-state index in [1.54, 1.807) is 22.7 Å². The van der Waals surface area contributed by atoms with Crippen LogP contribution in [0.15, 0.2) is 27.9 Å². The number of hydrogen-bond donors (Lipinski definition) is 1. The molecule has 1 unspecified atom stereocenters. The lowest BCUT2D eigenvalue weighted by Gasteiger charge is -2.21. The van der Waals surface area contributed by atoms with Crippen LogP contribution in [-0.2, 0) is 6.54 Å². The van der Waals surface area contributed by atoms with Crippen molar-refractivity contribution >= 4 is 52.6 Å². The van der Waals surface area contributed by atoms with Gasteiger partial charge in [0.15, 0.2) is 5.96 Å². The third-order valence-corrected chi connectivity index (χ3v) is 5.23. The molecule has 128 valence electrons. The molecule has 4 nitrogen and oxygen atoms in total. The fourth-order valence-corrected chi connectivity index (χ4v) is 3.54. The van der Waals surface area contributed by atoms with E-state index in [1.165, 1.54) is 4.88 Å². The predicted octanol–water partition coefficient (Wildman–Crippen LogP) is 4.33. The van der Waals surface area contributed by atoms with Gasteiger partial charge in [0.1, 0.15) is 0 Å². The number of hydrogen-bond acceptors (Lipinski definition) is 4. The molecule has 2 aromatic heterocycles. The van der Waals surface area contributed by atoms with E-state index in [0.717, 1.165) is 36.3 Å². The first-order valence-corrected chi connectivity index (χ1v) is 9.30. The van der Waals surface area contributed by atoms with E-state index in [-0.39, 0.29) is 24.0 Å². The van der Waals surface area contributed by atoms with Crippen LogP contribution in [-0.4, -0.2) is 36.0 Å². The molecule has 1 N–H and O–H groups in total. The Hall–Kier alpha value is -0.670. The highest BCUT2D eigenvalue weighted by atomic mass is 127. The molecule has 0 aliphatic rings. The van der Waals surface area contributed by atoms with Crippen LogP contribution >= 0.6 is 46.7 Å². The standard InChI is InChI=1S/C16H24N4S2.HI/c1-5-17-16(18-9-12(2)15-7-6-8-21-15)20(4)10-14-11-22-13(3)19-14;/h6-8,11-12H,5,9-10H2,1-4H3,(H,17,18);1H. The highest BCUT2D eigenvalue weighted by molar-refractivity contribution is 14.0. The van der Waals surface area contributed by atoms with Gasteiger partial charge in [0.2, 0.25) is 0 Å². The first-order valence-electron chi connectivity index (χ1n) is 7.54. The van der Waals surface area contributed by atoms with Crippen molar-refractivity contribution in [3.05, 3.63) is 38.5 Å². The lowest BCUT2D eigenvalue weighted by Crippen LogP contribution is -2.38. The summed E-state index contributed by atoms with van der Waals surface area (Å²) in [7, 11) is 2.06. The van der Waals surface area contributed by atoms with Gasteiger partial charge >= 0.3 is 0 Å². The van der Waals surface area contributed by atoms with Gasteiger partial charge in [-0.3, -0.25) is 4.99 Å². The second kappa shape index (κ2) is 10.2. The molecular formula is C16H25IN4S2. The molecule has 0 saturated heterocycles. The zero-order chi connectivity index (χ0) is 15.9. The third-order valence-electron chi connectivity index (χ3n) is 3.31. The second-order valence-corrected chi connectivity index (χ2v) is 7.37. The summed E-state index contributed by atoms with van der Waals surface area (Å²) < 4.78 is 0. The maximum atomic E-state index is 4.79. The van der Waals surface area contributed by atoms with Gasteiger partial charge in [-0.15, -0.1) is 46.7 Å². The third kappa shape index (κ3) is 6.39. The topological polar surface area (TPSA) is 40.5 Å². The summed E-state index contributed by atoms with van der Waals surface area (Å²) in [5.41, 5.74) is 1.10. The molecule has 0 bridgehead atoms. The van der Waals surface area contributed by atoms with E-state index in [2.05, 4.69) is 59.0 Å². The van der Waals surface area contributed by atoms with Crippen LogP contribution in [0.2, 0.25) is 0 Å². The molecular weight excluding hydrogens is 439 g/mol. The van der Waals surface area contributed by atoms with E-state index in [1.807, 2.05) is 6.92 Å². The lowest BCUT2D eigenvalue weighted by molar-refractivity contribution is 0.470. The molecule has 1 atom stereocenters. The van der Waals surface area contributed by atoms with Gasteiger partial charge in [-0.2, -0.15) is 0 Å². The average Bonchev–Trinajstić information content (AvgIpc) is 3.14. The Morgan fingerprint density at radius 3 is 2.78 bits per heavy atom. The Bertz CT molecular complexity index is 595. The maximum Gasteiger partial charge on any atom is 0.194 e. The van der Waals surface area contributed by atoms with Crippen molar-refractivity contribution < 1.29 is 0 Å². The average molecular weight is 464 g/mol. The molecule has 0 aromatic carbocycles. The quantitative estimate of drug-likeness (QED) is 0.393. The van der Waals surface area contributed by atoms with E-state index < -0.39 is 0 Å². The number of rotatable bonds is 6. The predicted molar refractivity (Wildman–Crippen MR) is 112 cm³/mol. The molecule has 0 spiro atoms. The number of nitrogens with zero attached hydrogens (tertiary/aromatic N) is 3. The maximum absolute atomic E-state index is 4.79. The fourth-order valence-electron chi connectivity index (χ4n) is 2.15. The number of thiazole rings is 1. The van der Waals surface area contributed by atoms with Crippen LogP contribution < -0.4 is 5.32 Å². The summed E-state index contributed by atoms with van der Waals surface area (Å²) in [6.45, 7) is 8.80. The number of halogens is 1. The minimum absolute atomic E-state index is 0. The van der Waals surface area contributed by atoms with Crippen LogP contribution in [0.4, 0.5) is 0 Å². The van der Waals surface area contributed by atoms with E-state index >= 15 is 0 Å². The molecule has 23 heavy (non-hydrogen) atoms. The largest absolute Gasteiger partial charge is 0.357 e. The number of nitrogens with one attached hydrogen (secondary N) is 1. The van der Waals surface area contributed by atoms with Gasteiger partial charge in [0.05, 0.1) is 23.8 Å². The molecule has 0 radical (unpaired) electrons. The molecule has 0 aliphatic heterocycles. The fraction of sp³-hybridized carbons (Fsp3) is 0.500. The highest BCUT2D eigenvalue weighted by Gasteiger charge is 2.10. The normalized spacial score (nSPS) is 12.6. The van der Waals surface area contributed by atoms with Crippen molar-refractivity contribution in [3.63, 3.8) is 0 Å². The van der Waals surface area contributed by atoms with Crippen molar-refractivity contribution in [2.45, 2.75) is 33.2 Å². The lowest BCUT2D eigenvalue weighted by atomic mass is 10.1. The molecule has 2 aromatic rings. The Balaban J connectivity index is 0.00000264. The Kier molecular flexibility index (Phi) is 9.08. The minimum Gasteiger partial charge on any atom is -0.357 e. The van der Waals surface area contributed by atoms with Gasteiger partial charge < -0.3 is 10.2 Å². The van der Waals surface area contributed by atoms with Gasteiger partial charge in [0.25, 0.3) is 0 Å². The van der Waals surface area contributed by atoms with Gasteiger partial charge in [0, 0.05) is 29.8 Å². The molecule has 0 amide bonds. The number of aryl methyl sites for hydroxylation is 1. The van der Waals surface area contributed by atoms with Crippen LogP contribution in [0.1, 0.15) is 35.3 Å². The molecule has 7 heteroatoms. The Morgan fingerprint density at radius 1 is 1.43 bits per heavy atom. The molecule has 0 aliphatic carbocycles. The van der Waals surface area contributed by atoms with Crippen LogP contribution in [0.3, 0.4) is 0 Å². The van der Waals surface area contributed by atoms with Crippen molar-refractivity contribution in [2.24, 2.45) is 4.99 Å². The summed E-state index contributed by atoms with van der Waals surface area (Å²) in [6, 6.07) is 4.28. The first-order chi connectivity index (χ1) is 10.6. The van der Waals surface area contributed by atoms with Crippen LogP contribution in [0.5, 0.6) is 0 Å². The Labute approximate surface area is 164 Å². The highest BCUT2D eigenvalue weighted by Crippen LogP contribution is 2.20. The first kappa shape index (κ1) is 20.4.